The molecule has 0 amide bonds. The number of benzene rings is 2. The van der Waals surface area contributed by atoms with Gasteiger partial charge in [-0.05, 0) is 45.0 Å². The first kappa shape index (κ1) is 20.3. The summed E-state index contributed by atoms with van der Waals surface area (Å²) in [6.07, 6.45) is 0.0682. The predicted molar refractivity (Wildman–Crippen MR) is 115 cm³/mol. The Labute approximate surface area is 171 Å². The topological polar surface area (TPSA) is 77.5 Å². The minimum Gasteiger partial charge on any atom is -0.493 e. The van der Waals surface area contributed by atoms with Crippen LogP contribution in [0.25, 0.3) is 0 Å². The summed E-state index contributed by atoms with van der Waals surface area (Å²) >= 11 is 0. The molecule has 0 aliphatic carbocycles. The van der Waals surface area contributed by atoms with Crippen molar-refractivity contribution in [3.63, 3.8) is 0 Å². The van der Waals surface area contributed by atoms with Gasteiger partial charge in [0.15, 0.2) is 11.5 Å². The molecule has 0 saturated carbocycles. The molecule has 2 N–H and O–H groups in total. The Morgan fingerprint density at radius 1 is 0.828 bits per heavy atom. The lowest BCUT2D eigenvalue weighted by Crippen LogP contribution is -2.08. The van der Waals surface area contributed by atoms with E-state index in [1.807, 2.05) is 69.3 Å². The summed E-state index contributed by atoms with van der Waals surface area (Å²) in [6.45, 7) is 5.90. The first-order chi connectivity index (χ1) is 14.0. The molecule has 0 aliphatic heterocycles. The maximum atomic E-state index is 5.86. The van der Waals surface area contributed by atoms with Gasteiger partial charge in [0.1, 0.15) is 11.6 Å². The van der Waals surface area contributed by atoms with E-state index in [1.54, 1.807) is 14.2 Å². The molecule has 1 aromatic heterocycles. The van der Waals surface area contributed by atoms with Gasteiger partial charge < -0.3 is 24.8 Å². The number of aryl methyl sites for hydroxylation is 1. The molecule has 7 heteroatoms. The lowest BCUT2D eigenvalue weighted by Gasteiger charge is -2.15. The molecular weight excluding hydrogens is 368 g/mol. The fraction of sp³-hybridized carbons (Fsp3) is 0.273. The molecule has 3 aromatic rings. The van der Waals surface area contributed by atoms with Crippen LogP contribution in [-0.4, -0.2) is 30.3 Å². The summed E-state index contributed by atoms with van der Waals surface area (Å²) in [5.74, 6) is 3.20. The number of ether oxygens (including phenoxy) is 3. The van der Waals surface area contributed by atoms with Crippen molar-refractivity contribution in [2.45, 2.75) is 26.9 Å². The van der Waals surface area contributed by atoms with Crippen LogP contribution in [0, 0.1) is 6.92 Å². The van der Waals surface area contributed by atoms with Gasteiger partial charge in [0.2, 0.25) is 5.95 Å². The van der Waals surface area contributed by atoms with Gasteiger partial charge in [0.25, 0.3) is 0 Å². The van der Waals surface area contributed by atoms with Gasteiger partial charge in [-0.1, -0.05) is 12.1 Å². The van der Waals surface area contributed by atoms with E-state index < -0.39 is 0 Å². The van der Waals surface area contributed by atoms with E-state index in [9.17, 15) is 0 Å². The normalized spacial score (nSPS) is 10.6. The second-order valence-electron chi connectivity index (χ2n) is 6.70. The van der Waals surface area contributed by atoms with Crippen molar-refractivity contribution in [1.82, 2.24) is 9.97 Å². The summed E-state index contributed by atoms with van der Waals surface area (Å²) in [7, 11) is 3.21. The van der Waals surface area contributed by atoms with Crippen molar-refractivity contribution in [3.05, 3.63) is 54.2 Å². The summed E-state index contributed by atoms with van der Waals surface area (Å²) in [5.41, 5.74) is 2.46. The largest absolute Gasteiger partial charge is 0.493 e. The zero-order chi connectivity index (χ0) is 20.8. The first-order valence-corrected chi connectivity index (χ1v) is 9.36. The summed E-state index contributed by atoms with van der Waals surface area (Å²) in [5, 5.41) is 6.54. The fourth-order valence-electron chi connectivity index (χ4n) is 2.80. The number of hydrogen-bond acceptors (Lipinski definition) is 7. The zero-order valence-corrected chi connectivity index (χ0v) is 17.3. The van der Waals surface area contributed by atoms with Crippen molar-refractivity contribution >= 4 is 23.1 Å². The average Bonchev–Trinajstić information content (AvgIpc) is 2.68. The molecule has 0 radical (unpaired) electrons. The van der Waals surface area contributed by atoms with Crippen LogP contribution >= 0.6 is 0 Å². The number of anilines is 4. The molecule has 0 saturated heterocycles. The van der Waals surface area contributed by atoms with Crippen molar-refractivity contribution in [3.8, 4) is 17.2 Å². The number of hydrogen-bond donors (Lipinski definition) is 2. The van der Waals surface area contributed by atoms with Crippen LogP contribution in [-0.2, 0) is 0 Å². The van der Waals surface area contributed by atoms with E-state index in [-0.39, 0.29) is 6.10 Å². The molecule has 2 aromatic carbocycles. The van der Waals surface area contributed by atoms with E-state index in [4.69, 9.17) is 14.2 Å². The Hall–Kier alpha value is -3.48. The second-order valence-corrected chi connectivity index (χ2v) is 6.70. The Kier molecular flexibility index (Phi) is 6.39. The van der Waals surface area contributed by atoms with E-state index >= 15 is 0 Å². The third kappa shape index (κ3) is 5.28. The van der Waals surface area contributed by atoms with Crippen molar-refractivity contribution in [1.29, 1.82) is 0 Å². The van der Waals surface area contributed by atoms with Gasteiger partial charge in [-0.15, -0.1) is 0 Å². The Morgan fingerprint density at radius 3 is 2.31 bits per heavy atom. The molecule has 152 valence electrons. The van der Waals surface area contributed by atoms with Crippen LogP contribution in [0.5, 0.6) is 17.2 Å². The number of nitrogens with one attached hydrogen (secondary N) is 2. The average molecular weight is 394 g/mol. The third-order valence-corrected chi connectivity index (χ3v) is 4.01. The number of methoxy groups -OCH3 is 2. The highest BCUT2D eigenvalue weighted by Gasteiger charge is 2.10. The SMILES string of the molecule is COc1ccc(Nc2cc(C)nc(Nc3ccccc3OC(C)C)n2)cc1OC. The molecule has 1 heterocycles. The zero-order valence-electron chi connectivity index (χ0n) is 17.3. The molecular formula is C22H26N4O3. The highest BCUT2D eigenvalue weighted by molar-refractivity contribution is 5.65. The Balaban J connectivity index is 1.84. The fourth-order valence-corrected chi connectivity index (χ4v) is 2.80. The number of nitrogens with zero attached hydrogens (tertiary/aromatic N) is 2. The smallest absolute Gasteiger partial charge is 0.229 e. The van der Waals surface area contributed by atoms with E-state index in [0.29, 0.717) is 23.3 Å². The molecule has 29 heavy (non-hydrogen) atoms. The van der Waals surface area contributed by atoms with Crippen LogP contribution in [0.15, 0.2) is 48.5 Å². The Morgan fingerprint density at radius 2 is 1.59 bits per heavy atom. The summed E-state index contributed by atoms with van der Waals surface area (Å²) < 4.78 is 16.5. The molecule has 0 atom stereocenters. The minimum absolute atomic E-state index is 0.0682. The standard InChI is InChI=1S/C22H26N4O3/c1-14(2)29-18-9-7-6-8-17(18)25-22-23-15(3)12-21(26-22)24-16-10-11-19(27-4)20(13-16)28-5/h6-14H,1-5H3,(H2,23,24,25,26). The Bertz CT molecular complexity index is 976. The van der Waals surface area contributed by atoms with Crippen molar-refractivity contribution in [2.24, 2.45) is 0 Å². The van der Waals surface area contributed by atoms with Gasteiger partial charge >= 0.3 is 0 Å². The lowest BCUT2D eigenvalue weighted by atomic mass is 10.2. The lowest BCUT2D eigenvalue weighted by molar-refractivity contribution is 0.244. The quantitative estimate of drug-likeness (QED) is 0.552. The minimum atomic E-state index is 0.0682. The van der Waals surface area contributed by atoms with Gasteiger partial charge in [-0.2, -0.15) is 4.98 Å². The summed E-state index contributed by atoms with van der Waals surface area (Å²) in [6, 6.07) is 15.2. The maximum absolute atomic E-state index is 5.86. The van der Waals surface area contributed by atoms with Gasteiger partial charge in [-0.3, -0.25) is 0 Å². The molecule has 3 rings (SSSR count). The molecule has 0 bridgehead atoms. The van der Waals surface area contributed by atoms with Crippen LogP contribution in [0.3, 0.4) is 0 Å². The van der Waals surface area contributed by atoms with E-state index in [2.05, 4.69) is 20.6 Å². The van der Waals surface area contributed by atoms with Crippen LogP contribution < -0.4 is 24.8 Å². The maximum Gasteiger partial charge on any atom is 0.229 e. The van der Waals surface area contributed by atoms with Crippen LogP contribution in [0.1, 0.15) is 19.5 Å². The van der Waals surface area contributed by atoms with Crippen molar-refractivity contribution in [2.75, 3.05) is 24.9 Å². The molecule has 0 fully saturated rings. The van der Waals surface area contributed by atoms with Gasteiger partial charge in [0, 0.05) is 23.5 Å². The monoisotopic (exact) mass is 394 g/mol. The third-order valence-electron chi connectivity index (χ3n) is 4.01. The molecule has 0 unspecified atom stereocenters. The summed E-state index contributed by atoms with van der Waals surface area (Å²) in [4.78, 5) is 9.07. The van der Waals surface area contributed by atoms with Crippen LogP contribution in [0.4, 0.5) is 23.1 Å². The first-order valence-electron chi connectivity index (χ1n) is 9.36. The van der Waals surface area contributed by atoms with E-state index in [1.165, 1.54) is 0 Å². The van der Waals surface area contributed by atoms with Crippen molar-refractivity contribution < 1.29 is 14.2 Å². The number of para-hydroxylation sites is 2. The highest BCUT2D eigenvalue weighted by atomic mass is 16.5. The molecule has 0 spiro atoms. The number of rotatable bonds is 8. The predicted octanol–water partition coefficient (Wildman–Crippen LogP) is 5.08. The van der Waals surface area contributed by atoms with Crippen LogP contribution in [0.2, 0.25) is 0 Å². The second kappa shape index (κ2) is 9.14. The highest BCUT2D eigenvalue weighted by Crippen LogP contribution is 2.31. The molecule has 0 aliphatic rings. The molecule has 7 nitrogen and oxygen atoms in total. The van der Waals surface area contributed by atoms with E-state index in [0.717, 1.165) is 22.8 Å². The van der Waals surface area contributed by atoms with Gasteiger partial charge in [0.05, 0.1) is 26.0 Å². The van der Waals surface area contributed by atoms with Gasteiger partial charge in [-0.25, -0.2) is 4.98 Å². The number of aromatic nitrogens is 2.